The monoisotopic (exact) mass is 161 g/mol. The van der Waals surface area contributed by atoms with E-state index in [1.54, 1.807) is 0 Å². The number of rotatable bonds is 3. The maximum atomic E-state index is 5.62. The zero-order valence-electron chi connectivity index (χ0n) is 6.59. The van der Waals surface area contributed by atoms with E-state index in [1.807, 2.05) is 11.8 Å². The zero-order valence-corrected chi connectivity index (χ0v) is 7.41. The number of hydrogen-bond acceptors (Lipinski definition) is 3. The van der Waals surface area contributed by atoms with Crippen molar-refractivity contribution in [1.82, 2.24) is 0 Å². The van der Waals surface area contributed by atoms with Crippen LogP contribution in [0.3, 0.4) is 0 Å². The summed E-state index contributed by atoms with van der Waals surface area (Å²) in [4.78, 5) is 0. The van der Waals surface area contributed by atoms with Crippen molar-refractivity contribution in [2.24, 2.45) is 5.73 Å². The molecule has 2 nitrogen and oxygen atoms in total. The summed E-state index contributed by atoms with van der Waals surface area (Å²) in [5.41, 5.74) is 5.62. The summed E-state index contributed by atoms with van der Waals surface area (Å²) < 4.78 is 5.39. The second kappa shape index (κ2) is 3.11. The van der Waals surface area contributed by atoms with Gasteiger partial charge in [-0.2, -0.15) is 0 Å². The summed E-state index contributed by atoms with van der Waals surface area (Å²) in [5.74, 6) is 0. The Morgan fingerprint density at radius 3 is 2.30 bits per heavy atom. The van der Waals surface area contributed by atoms with Gasteiger partial charge in [0.15, 0.2) is 0 Å². The molecule has 0 atom stereocenters. The van der Waals surface area contributed by atoms with Crippen molar-refractivity contribution >= 4 is 11.8 Å². The summed E-state index contributed by atoms with van der Waals surface area (Å²) in [6.07, 6.45) is 0. The Labute approximate surface area is 66.5 Å². The van der Waals surface area contributed by atoms with E-state index in [4.69, 9.17) is 10.5 Å². The molecular formula is C7H15NOS. The third kappa shape index (κ3) is 1.65. The second-order valence-corrected chi connectivity index (χ2v) is 5.09. The van der Waals surface area contributed by atoms with Crippen molar-refractivity contribution in [1.29, 1.82) is 0 Å². The fourth-order valence-corrected chi connectivity index (χ4v) is 2.46. The molecule has 0 aliphatic carbocycles. The first-order valence-corrected chi connectivity index (χ1v) is 4.52. The summed E-state index contributed by atoms with van der Waals surface area (Å²) >= 11 is 1.94. The predicted molar refractivity (Wildman–Crippen MR) is 45.3 cm³/mol. The highest BCUT2D eigenvalue weighted by Crippen LogP contribution is 2.34. The number of hydrogen-bond donors (Lipinski definition) is 1. The van der Waals surface area contributed by atoms with Crippen molar-refractivity contribution < 1.29 is 4.74 Å². The van der Waals surface area contributed by atoms with Crippen LogP contribution in [-0.2, 0) is 4.74 Å². The maximum absolute atomic E-state index is 5.62. The summed E-state index contributed by atoms with van der Waals surface area (Å²) in [5, 5.41) is 0.660. The highest BCUT2D eigenvalue weighted by Gasteiger charge is 2.38. The molecule has 0 spiro atoms. The van der Waals surface area contributed by atoms with E-state index in [1.165, 1.54) is 0 Å². The molecule has 60 valence electrons. The van der Waals surface area contributed by atoms with Crippen molar-refractivity contribution in [3.05, 3.63) is 0 Å². The van der Waals surface area contributed by atoms with Gasteiger partial charge in [-0.25, -0.2) is 0 Å². The molecule has 0 aromatic carbocycles. The molecule has 2 N–H and O–H groups in total. The van der Waals surface area contributed by atoms with Gasteiger partial charge in [0.05, 0.1) is 18.0 Å². The lowest BCUT2D eigenvalue weighted by molar-refractivity contribution is -0.00453. The zero-order chi connectivity index (χ0) is 7.61. The van der Waals surface area contributed by atoms with E-state index in [-0.39, 0.29) is 4.75 Å². The molecule has 0 radical (unpaired) electrons. The standard InChI is InChI=1S/C7H15NOS/c1-6(2)10-7(3-8)4-9-5-7/h6H,3-5,8H2,1-2H3. The smallest absolute Gasteiger partial charge is 0.0750 e. The lowest BCUT2D eigenvalue weighted by Gasteiger charge is -2.40. The van der Waals surface area contributed by atoms with E-state index in [0.29, 0.717) is 5.25 Å². The fraction of sp³-hybridized carbons (Fsp3) is 1.00. The molecule has 1 fully saturated rings. The van der Waals surface area contributed by atoms with E-state index in [0.717, 1.165) is 19.8 Å². The van der Waals surface area contributed by atoms with Gasteiger partial charge in [-0.1, -0.05) is 13.8 Å². The molecule has 0 saturated carbocycles. The number of nitrogens with two attached hydrogens (primary N) is 1. The van der Waals surface area contributed by atoms with Crippen LogP contribution >= 0.6 is 11.8 Å². The fourth-order valence-electron chi connectivity index (χ4n) is 1.06. The largest absolute Gasteiger partial charge is 0.378 e. The van der Waals surface area contributed by atoms with Crippen LogP contribution in [0.4, 0.5) is 0 Å². The van der Waals surface area contributed by atoms with Crippen LogP contribution in [-0.4, -0.2) is 29.8 Å². The molecule has 1 rings (SSSR count). The lowest BCUT2D eigenvalue weighted by Crippen LogP contribution is -2.53. The maximum Gasteiger partial charge on any atom is 0.0750 e. The van der Waals surface area contributed by atoms with Gasteiger partial charge in [0.1, 0.15) is 0 Å². The molecule has 1 heterocycles. The van der Waals surface area contributed by atoms with Crippen molar-refractivity contribution in [3.8, 4) is 0 Å². The highest BCUT2D eigenvalue weighted by molar-refractivity contribution is 8.01. The van der Waals surface area contributed by atoms with Gasteiger partial charge in [0, 0.05) is 6.54 Å². The minimum absolute atomic E-state index is 0.258. The Morgan fingerprint density at radius 2 is 2.20 bits per heavy atom. The first-order chi connectivity index (χ1) is 4.68. The van der Waals surface area contributed by atoms with E-state index >= 15 is 0 Å². The Morgan fingerprint density at radius 1 is 1.60 bits per heavy atom. The van der Waals surface area contributed by atoms with Gasteiger partial charge in [-0.3, -0.25) is 0 Å². The van der Waals surface area contributed by atoms with Crippen LogP contribution in [0.2, 0.25) is 0 Å². The summed E-state index contributed by atoms with van der Waals surface area (Å²) in [7, 11) is 0. The van der Waals surface area contributed by atoms with Crippen LogP contribution in [0.25, 0.3) is 0 Å². The minimum Gasteiger partial charge on any atom is -0.378 e. The molecular weight excluding hydrogens is 146 g/mol. The summed E-state index contributed by atoms with van der Waals surface area (Å²) in [6.45, 7) is 6.81. The van der Waals surface area contributed by atoms with E-state index < -0.39 is 0 Å². The molecule has 1 aliphatic rings. The normalized spacial score (nSPS) is 22.8. The topological polar surface area (TPSA) is 35.2 Å². The second-order valence-electron chi connectivity index (χ2n) is 3.05. The van der Waals surface area contributed by atoms with Crippen LogP contribution in [0.5, 0.6) is 0 Å². The van der Waals surface area contributed by atoms with Gasteiger partial charge in [0.25, 0.3) is 0 Å². The van der Waals surface area contributed by atoms with Crippen LogP contribution < -0.4 is 5.73 Å². The number of ether oxygens (including phenoxy) is 1. The van der Waals surface area contributed by atoms with Gasteiger partial charge in [-0.15, -0.1) is 11.8 Å². The van der Waals surface area contributed by atoms with Crippen molar-refractivity contribution in [2.45, 2.75) is 23.8 Å². The van der Waals surface area contributed by atoms with E-state index in [9.17, 15) is 0 Å². The molecule has 0 aromatic heterocycles. The molecule has 1 saturated heterocycles. The van der Waals surface area contributed by atoms with Crippen LogP contribution in [0.1, 0.15) is 13.8 Å². The minimum atomic E-state index is 0.258. The molecule has 10 heavy (non-hydrogen) atoms. The Kier molecular flexibility index (Phi) is 2.61. The molecule has 3 heteroatoms. The average molecular weight is 161 g/mol. The van der Waals surface area contributed by atoms with Gasteiger partial charge < -0.3 is 10.5 Å². The van der Waals surface area contributed by atoms with Gasteiger partial charge >= 0.3 is 0 Å². The molecule has 1 aliphatic heterocycles. The predicted octanol–water partition coefficient (Wildman–Crippen LogP) is 0.856. The third-order valence-electron chi connectivity index (χ3n) is 1.59. The molecule has 0 aromatic rings. The third-order valence-corrected chi connectivity index (χ3v) is 2.96. The first-order valence-electron chi connectivity index (χ1n) is 3.64. The lowest BCUT2D eigenvalue weighted by atomic mass is 10.1. The Balaban J connectivity index is 2.33. The van der Waals surface area contributed by atoms with Gasteiger partial charge in [0.2, 0.25) is 0 Å². The Bertz CT molecular complexity index is 107. The van der Waals surface area contributed by atoms with Crippen molar-refractivity contribution in [2.75, 3.05) is 19.8 Å². The van der Waals surface area contributed by atoms with Gasteiger partial charge in [-0.05, 0) is 5.25 Å². The van der Waals surface area contributed by atoms with Crippen LogP contribution in [0.15, 0.2) is 0 Å². The van der Waals surface area contributed by atoms with E-state index in [2.05, 4.69) is 13.8 Å². The summed E-state index contributed by atoms with van der Waals surface area (Å²) in [6, 6.07) is 0. The average Bonchev–Trinajstić information content (AvgIpc) is 1.78. The Hall–Kier alpha value is 0.270. The molecule has 0 bridgehead atoms. The molecule has 0 unspecified atom stereocenters. The van der Waals surface area contributed by atoms with Crippen LogP contribution in [0, 0.1) is 0 Å². The van der Waals surface area contributed by atoms with Crippen molar-refractivity contribution in [3.63, 3.8) is 0 Å². The highest BCUT2D eigenvalue weighted by atomic mass is 32.2. The SMILES string of the molecule is CC(C)SC1(CN)COC1. The quantitative estimate of drug-likeness (QED) is 0.666. The molecule has 0 amide bonds. The first kappa shape index (κ1) is 8.37. The number of thioether (sulfide) groups is 1.